The summed E-state index contributed by atoms with van der Waals surface area (Å²) in [5.41, 5.74) is 4.14. The molecule has 1 rings (SSSR count). The molecule has 0 amide bonds. The summed E-state index contributed by atoms with van der Waals surface area (Å²) in [7, 11) is 0. The van der Waals surface area contributed by atoms with Gasteiger partial charge in [0.1, 0.15) is 0 Å². The second-order valence-corrected chi connectivity index (χ2v) is 3.20. The quantitative estimate of drug-likeness (QED) is 0.475. The van der Waals surface area contributed by atoms with Crippen molar-refractivity contribution in [2.45, 2.75) is 12.5 Å². The summed E-state index contributed by atoms with van der Waals surface area (Å²) in [5.74, 6) is -10.1. The molecule has 0 saturated carbocycles. The van der Waals surface area contributed by atoms with Gasteiger partial charge in [0.15, 0.2) is 23.3 Å². The van der Waals surface area contributed by atoms with E-state index < -0.39 is 53.7 Å². The largest absolute Gasteiger partial charge is 0.395 e. The fraction of sp³-hybridized carbons (Fsp3) is 0.333. The van der Waals surface area contributed by atoms with Crippen molar-refractivity contribution < 1.29 is 27.1 Å². The highest BCUT2D eigenvalue weighted by Crippen LogP contribution is 2.23. The molecule has 0 aromatic heterocycles. The number of hydrogen-bond donors (Lipinski definition) is 2. The summed E-state index contributed by atoms with van der Waals surface area (Å²) in [6, 6.07) is -1.09. The minimum atomic E-state index is -2.21. The van der Waals surface area contributed by atoms with Crippen LogP contribution in [0.2, 0.25) is 0 Å². The predicted molar refractivity (Wildman–Crippen MR) is 45.0 cm³/mol. The van der Waals surface area contributed by atoms with E-state index in [1.807, 2.05) is 0 Å². The minimum absolute atomic E-state index is 0.626. The molecule has 1 aromatic carbocycles. The maximum atomic E-state index is 13.0. The number of rotatable bonds is 3. The van der Waals surface area contributed by atoms with Gasteiger partial charge in [0.05, 0.1) is 6.61 Å². The van der Waals surface area contributed by atoms with Gasteiger partial charge in [-0.05, 0) is 6.42 Å². The van der Waals surface area contributed by atoms with Gasteiger partial charge in [0.2, 0.25) is 5.82 Å². The van der Waals surface area contributed by atoms with Crippen LogP contribution in [0.4, 0.5) is 22.0 Å². The Bertz CT molecular complexity index is 380. The van der Waals surface area contributed by atoms with Crippen molar-refractivity contribution in [3.63, 3.8) is 0 Å². The first-order valence-electron chi connectivity index (χ1n) is 4.26. The summed E-state index contributed by atoms with van der Waals surface area (Å²) in [4.78, 5) is 0. The molecular weight excluding hydrogens is 233 g/mol. The Hall–Kier alpha value is -1.21. The van der Waals surface area contributed by atoms with E-state index in [0.717, 1.165) is 0 Å². The Kier molecular flexibility index (Phi) is 3.82. The summed E-state index contributed by atoms with van der Waals surface area (Å²) >= 11 is 0. The zero-order valence-corrected chi connectivity index (χ0v) is 7.91. The molecule has 90 valence electrons. The molecule has 1 atom stereocenters. The van der Waals surface area contributed by atoms with Gasteiger partial charge in [-0.25, -0.2) is 22.0 Å². The molecule has 16 heavy (non-hydrogen) atoms. The van der Waals surface area contributed by atoms with Crippen LogP contribution in [0.1, 0.15) is 5.56 Å². The van der Waals surface area contributed by atoms with E-state index in [-0.39, 0.29) is 0 Å². The van der Waals surface area contributed by atoms with Crippen LogP contribution < -0.4 is 5.73 Å². The van der Waals surface area contributed by atoms with Crippen LogP contribution in [0.5, 0.6) is 0 Å². The average Bonchev–Trinajstić information content (AvgIpc) is 2.29. The lowest BCUT2D eigenvalue weighted by Gasteiger charge is -2.11. The van der Waals surface area contributed by atoms with Gasteiger partial charge in [-0.15, -0.1) is 0 Å². The van der Waals surface area contributed by atoms with Gasteiger partial charge in [0, 0.05) is 11.6 Å². The first-order chi connectivity index (χ1) is 7.40. The average molecular weight is 241 g/mol. The van der Waals surface area contributed by atoms with E-state index in [9.17, 15) is 22.0 Å². The number of benzene rings is 1. The third-order valence-corrected chi connectivity index (χ3v) is 2.00. The first-order valence-corrected chi connectivity index (χ1v) is 4.26. The maximum absolute atomic E-state index is 13.0. The Morgan fingerprint density at radius 2 is 1.25 bits per heavy atom. The lowest BCUT2D eigenvalue weighted by Crippen LogP contribution is -2.28. The predicted octanol–water partition coefficient (Wildman–Crippen LogP) is 1.24. The van der Waals surface area contributed by atoms with Crippen molar-refractivity contribution in [3.05, 3.63) is 34.6 Å². The number of hydrogen-bond acceptors (Lipinski definition) is 2. The molecule has 1 unspecified atom stereocenters. The van der Waals surface area contributed by atoms with Crippen molar-refractivity contribution >= 4 is 0 Å². The van der Waals surface area contributed by atoms with Gasteiger partial charge < -0.3 is 10.8 Å². The van der Waals surface area contributed by atoms with Crippen LogP contribution in [-0.4, -0.2) is 17.8 Å². The molecule has 0 aliphatic carbocycles. The number of halogens is 5. The van der Waals surface area contributed by atoms with E-state index in [4.69, 9.17) is 10.8 Å². The van der Waals surface area contributed by atoms with Gasteiger partial charge in [0.25, 0.3) is 0 Å². The summed E-state index contributed by atoms with van der Waals surface area (Å²) < 4.78 is 64.1. The number of aliphatic hydroxyl groups is 1. The van der Waals surface area contributed by atoms with Gasteiger partial charge in [-0.2, -0.15) is 0 Å². The Morgan fingerprint density at radius 1 is 0.875 bits per heavy atom. The van der Waals surface area contributed by atoms with Crippen molar-refractivity contribution in [1.29, 1.82) is 0 Å². The molecule has 7 heteroatoms. The van der Waals surface area contributed by atoms with Crippen LogP contribution in [0, 0.1) is 29.1 Å². The lowest BCUT2D eigenvalue weighted by molar-refractivity contribution is 0.262. The summed E-state index contributed by atoms with van der Waals surface area (Å²) in [6.45, 7) is -0.626. The highest BCUT2D eigenvalue weighted by Gasteiger charge is 2.26. The third-order valence-electron chi connectivity index (χ3n) is 2.00. The number of aliphatic hydroxyl groups excluding tert-OH is 1. The lowest BCUT2D eigenvalue weighted by atomic mass is 10.0. The van der Waals surface area contributed by atoms with Crippen LogP contribution in [0.15, 0.2) is 0 Å². The Labute approximate surface area is 87.5 Å². The zero-order valence-electron chi connectivity index (χ0n) is 7.91. The SMILES string of the molecule is NC(CO)Cc1c(F)c(F)c(F)c(F)c1F. The molecule has 0 saturated heterocycles. The molecule has 0 spiro atoms. The Balaban J connectivity index is 3.28. The normalized spacial score (nSPS) is 12.9. The molecule has 0 radical (unpaired) electrons. The summed E-state index contributed by atoms with van der Waals surface area (Å²) in [5, 5.41) is 8.54. The van der Waals surface area contributed by atoms with Crippen molar-refractivity contribution in [1.82, 2.24) is 0 Å². The number of nitrogens with two attached hydrogens (primary N) is 1. The molecule has 3 N–H and O–H groups in total. The van der Waals surface area contributed by atoms with Crippen LogP contribution in [0.3, 0.4) is 0 Å². The van der Waals surface area contributed by atoms with Crippen molar-refractivity contribution in [3.8, 4) is 0 Å². The molecule has 0 aliphatic rings. The van der Waals surface area contributed by atoms with Crippen LogP contribution in [0.25, 0.3) is 0 Å². The standard InChI is InChI=1S/C9H8F5NO/c10-5-4(1-3(15)2-16)6(11)8(13)9(14)7(5)12/h3,16H,1-2,15H2. The summed E-state index contributed by atoms with van der Waals surface area (Å²) in [6.07, 6.45) is -0.637. The zero-order chi connectivity index (χ0) is 12.5. The highest BCUT2D eigenvalue weighted by molar-refractivity contribution is 5.24. The highest BCUT2D eigenvalue weighted by atomic mass is 19.2. The molecule has 0 bridgehead atoms. The van der Waals surface area contributed by atoms with Gasteiger partial charge in [-0.1, -0.05) is 0 Å². The Morgan fingerprint density at radius 3 is 1.62 bits per heavy atom. The first kappa shape index (κ1) is 12.9. The van der Waals surface area contributed by atoms with Crippen LogP contribution >= 0.6 is 0 Å². The van der Waals surface area contributed by atoms with E-state index in [1.54, 1.807) is 0 Å². The fourth-order valence-electron chi connectivity index (χ4n) is 1.16. The monoisotopic (exact) mass is 241 g/mol. The topological polar surface area (TPSA) is 46.2 Å². The second-order valence-electron chi connectivity index (χ2n) is 3.20. The van der Waals surface area contributed by atoms with Gasteiger partial charge >= 0.3 is 0 Å². The molecular formula is C9H8F5NO. The van der Waals surface area contributed by atoms with Crippen LogP contribution in [-0.2, 0) is 6.42 Å². The van der Waals surface area contributed by atoms with Gasteiger partial charge in [-0.3, -0.25) is 0 Å². The van der Waals surface area contributed by atoms with E-state index in [1.165, 1.54) is 0 Å². The van der Waals surface area contributed by atoms with E-state index >= 15 is 0 Å². The second kappa shape index (κ2) is 4.75. The smallest absolute Gasteiger partial charge is 0.200 e. The van der Waals surface area contributed by atoms with E-state index in [2.05, 4.69) is 0 Å². The fourth-order valence-corrected chi connectivity index (χ4v) is 1.16. The third kappa shape index (κ3) is 2.14. The minimum Gasteiger partial charge on any atom is -0.395 e. The molecule has 1 aromatic rings. The molecule has 0 heterocycles. The van der Waals surface area contributed by atoms with Crippen molar-refractivity contribution in [2.24, 2.45) is 5.73 Å². The van der Waals surface area contributed by atoms with Crippen molar-refractivity contribution in [2.75, 3.05) is 6.61 Å². The molecule has 0 aliphatic heterocycles. The maximum Gasteiger partial charge on any atom is 0.200 e. The van der Waals surface area contributed by atoms with E-state index in [0.29, 0.717) is 0 Å². The molecule has 2 nitrogen and oxygen atoms in total. The molecule has 0 fully saturated rings.